The summed E-state index contributed by atoms with van der Waals surface area (Å²) in [7, 11) is 1.45. The quantitative estimate of drug-likeness (QED) is 0.209. The molecule has 0 aromatic heterocycles. The number of carbonyl (C=O) groups is 1. The third kappa shape index (κ3) is 9.18. The van der Waals surface area contributed by atoms with Crippen molar-refractivity contribution in [3.8, 4) is 0 Å². The van der Waals surface area contributed by atoms with Crippen LogP contribution in [0.4, 0.5) is 0 Å². The van der Waals surface area contributed by atoms with Crippen molar-refractivity contribution in [1.82, 2.24) is 0 Å². The van der Waals surface area contributed by atoms with Gasteiger partial charge in [0, 0.05) is 13.0 Å². The second kappa shape index (κ2) is 15.6. The van der Waals surface area contributed by atoms with Crippen LogP contribution in [-0.4, -0.2) is 37.2 Å². The normalized spacial score (nSPS) is 25.5. The fraction of sp³-hybridized carbons (Fsp3) is 0.767. The van der Waals surface area contributed by atoms with Crippen LogP contribution in [0.1, 0.15) is 126 Å². The highest BCUT2D eigenvalue weighted by atomic mass is 16.7. The van der Waals surface area contributed by atoms with Crippen LogP contribution in [0.15, 0.2) is 24.3 Å². The lowest BCUT2D eigenvalue weighted by atomic mass is 9.84. The number of ether oxygens (including phenoxy) is 3. The van der Waals surface area contributed by atoms with Crippen molar-refractivity contribution in [3.05, 3.63) is 35.4 Å². The molecule has 2 unspecified atom stereocenters. The topological polar surface area (TPSA) is 65.0 Å². The smallest absolute Gasteiger partial charge is 0.305 e. The van der Waals surface area contributed by atoms with Gasteiger partial charge in [0.25, 0.3) is 0 Å². The Kier molecular flexibility index (Phi) is 12.6. The number of unbranched alkanes of at least 4 members (excludes halogenated alkanes) is 5. The zero-order chi connectivity index (χ0) is 24.9. The maximum atomic E-state index is 11.3. The molecule has 5 nitrogen and oxygen atoms in total. The van der Waals surface area contributed by atoms with Crippen LogP contribution in [0.25, 0.3) is 0 Å². The first-order chi connectivity index (χ1) is 17.1. The average molecular weight is 489 g/mol. The van der Waals surface area contributed by atoms with E-state index in [9.17, 15) is 9.90 Å². The number of benzene rings is 1. The van der Waals surface area contributed by atoms with Crippen molar-refractivity contribution >= 4 is 5.97 Å². The van der Waals surface area contributed by atoms with E-state index in [1.54, 1.807) is 0 Å². The Labute approximate surface area is 212 Å². The van der Waals surface area contributed by atoms with Crippen LogP contribution in [0.5, 0.6) is 0 Å². The summed E-state index contributed by atoms with van der Waals surface area (Å²) >= 11 is 0. The first-order valence-corrected chi connectivity index (χ1v) is 14.2. The van der Waals surface area contributed by atoms with Crippen LogP contribution >= 0.6 is 0 Å². The molecule has 2 fully saturated rings. The molecule has 0 spiro atoms. The van der Waals surface area contributed by atoms with Crippen molar-refractivity contribution in [2.24, 2.45) is 5.92 Å². The Hall–Kier alpha value is -1.43. The molecule has 1 aromatic carbocycles. The van der Waals surface area contributed by atoms with E-state index in [1.165, 1.54) is 43.9 Å². The van der Waals surface area contributed by atoms with Gasteiger partial charge in [-0.2, -0.15) is 0 Å². The summed E-state index contributed by atoms with van der Waals surface area (Å²) in [6, 6.07) is 9.06. The molecule has 0 bridgehead atoms. The van der Waals surface area contributed by atoms with E-state index in [1.807, 2.05) is 0 Å². The number of hydrogen-bond donors (Lipinski definition) is 1. The van der Waals surface area contributed by atoms with Gasteiger partial charge in [0.05, 0.1) is 19.3 Å². The minimum Gasteiger partial charge on any atom is -0.469 e. The second-order valence-corrected chi connectivity index (χ2v) is 10.5. The molecule has 1 saturated carbocycles. The Bertz CT molecular complexity index is 712. The molecule has 1 aliphatic carbocycles. The molecular formula is C30H48O5. The molecule has 1 aromatic rings. The fourth-order valence-corrected chi connectivity index (χ4v) is 5.81. The summed E-state index contributed by atoms with van der Waals surface area (Å²) in [4.78, 5) is 11.3. The summed E-state index contributed by atoms with van der Waals surface area (Å²) < 4.78 is 17.0. The van der Waals surface area contributed by atoms with Gasteiger partial charge in [0.15, 0.2) is 6.29 Å². The van der Waals surface area contributed by atoms with E-state index in [0.717, 1.165) is 70.8 Å². The molecule has 1 aliphatic heterocycles. The number of esters is 1. The minimum atomic E-state index is -0.205. The van der Waals surface area contributed by atoms with Crippen LogP contribution in [-0.2, 0) is 19.0 Å². The van der Waals surface area contributed by atoms with Gasteiger partial charge >= 0.3 is 5.97 Å². The standard InChI is InChI=1S/C30H48O5/c1-3-4-7-13-28(35-30-15-10-11-22-34-30)24-18-16-23(17-19-24)25-20-21-27(31)26(25)12-8-5-6-9-14-29(32)33-2/h16-19,25-28,30-31H,3-15,20-22H2,1-2H3/t25-,26-,27+,28?,30?/m1/s1. The second-order valence-electron chi connectivity index (χ2n) is 10.5. The van der Waals surface area contributed by atoms with Gasteiger partial charge in [-0.1, -0.05) is 69.7 Å². The predicted molar refractivity (Wildman–Crippen MR) is 139 cm³/mol. The molecule has 5 heteroatoms. The predicted octanol–water partition coefficient (Wildman–Crippen LogP) is 7.22. The molecule has 5 atom stereocenters. The first kappa shape index (κ1) is 28.1. The van der Waals surface area contributed by atoms with E-state index in [2.05, 4.69) is 31.2 Å². The number of aliphatic hydroxyl groups excluding tert-OH is 1. The average Bonchev–Trinajstić information content (AvgIpc) is 3.26. The Balaban J connectivity index is 1.54. The van der Waals surface area contributed by atoms with Crippen molar-refractivity contribution in [2.75, 3.05) is 13.7 Å². The molecule has 35 heavy (non-hydrogen) atoms. The third-order valence-electron chi connectivity index (χ3n) is 7.94. The van der Waals surface area contributed by atoms with Gasteiger partial charge in [0.1, 0.15) is 0 Å². The van der Waals surface area contributed by atoms with Crippen molar-refractivity contribution in [3.63, 3.8) is 0 Å². The molecule has 198 valence electrons. The number of aliphatic hydroxyl groups is 1. The van der Waals surface area contributed by atoms with Crippen molar-refractivity contribution in [2.45, 2.75) is 128 Å². The highest BCUT2D eigenvalue weighted by Crippen LogP contribution is 2.43. The molecule has 3 rings (SSSR count). The largest absolute Gasteiger partial charge is 0.469 e. The van der Waals surface area contributed by atoms with Crippen molar-refractivity contribution in [1.29, 1.82) is 0 Å². The molecule has 1 saturated heterocycles. The van der Waals surface area contributed by atoms with Crippen LogP contribution in [0.2, 0.25) is 0 Å². The summed E-state index contributed by atoms with van der Waals surface area (Å²) in [5.74, 6) is 0.632. The number of carbonyl (C=O) groups excluding carboxylic acids is 1. The SMILES string of the molecule is CCCCCC(OC1CCCCO1)c1ccc([C@H]2CC[C@H](O)[C@@H]2CCCCCCC(=O)OC)cc1. The van der Waals surface area contributed by atoms with Gasteiger partial charge < -0.3 is 19.3 Å². The number of rotatable bonds is 15. The maximum Gasteiger partial charge on any atom is 0.305 e. The molecular weight excluding hydrogens is 440 g/mol. The van der Waals surface area contributed by atoms with Crippen LogP contribution in [0, 0.1) is 5.92 Å². The number of methoxy groups -OCH3 is 1. The fourth-order valence-electron chi connectivity index (χ4n) is 5.81. The van der Waals surface area contributed by atoms with Gasteiger partial charge in [-0.15, -0.1) is 0 Å². The van der Waals surface area contributed by atoms with Gasteiger partial charge in [0.2, 0.25) is 0 Å². The van der Waals surface area contributed by atoms with E-state index >= 15 is 0 Å². The van der Waals surface area contributed by atoms with Gasteiger partial charge in [-0.3, -0.25) is 4.79 Å². The molecule has 1 N–H and O–H groups in total. The maximum absolute atomic E-state index is 11.3. The lowest BCUT2D eigenvalue weighted by Gasteiger charge is -2.28. The highest BCUT2D eigenvalue weighted by molar-refractivity contribution is 5.68. The molecule has 1 heterocycles. The zero-order valence-corrected chi connectivity index (χ0v) is 22.1. The first-order valence-electron chi connectivity index (χ1n) is 14.2. The third-order valence-corrected chi connectivity index (χ3v) is 7.94. The van der Waals surface area contributed by atoms with E-state index in [4.69, 9.17) is 14.2 Å². The highest BCUT2D eigenvalue weighted by Gasteiger charge is 2.35. The lowest BCUT2D eigenvalue weighted by molar-refractivity contribution is -0.191. The van der Waals surface area contributed by atoms with Crippen LogP contribution < -0.4 is 0 Å². The lowest BCUT2D eigenvalue weighted by Crippen LogP contribution is -2.24. The van der Waals surface area contributed by atoms with E-state index in [-0.39, 0.29) is 24.5 Å². The van der Waals surface area contributed by atoms with Gasteiger partial charge in [-0.05, 0) is 74.3 Å². The monoisotopic (exact) mass is 488 g/mol. The zero-order valence-electron chi connectivity index (χ0n) is 22.1. The van der Waals surface area contributed by atoms with E-state index in [0.29, 0.717) is 18.3 Å². The molecule has 0 amide bonds. The minimum absolute atomic E-state index is 0.0722. The van der Waals surface area contributed by atoms with Gasteiger partial charge in [-0.25, -0.2) is 0 Å². The van der Waals surface area contributed by atoms with E-state index < -0.39 is 0 Å². The van der Waals surface area contributed by atoms with Crippen molar-refractivity contribution < 1.29 is 24.1 Å². The Morgan fingerprint density at radius 2 is 1.83 bits per heavy atom. The Morgan fingerprint density at radius 1 is 1.03 bits per heavy atom. The molecule has 2 aliphatic rings. The summed E-state index contributed by atoms with van der Waals surface area (Å²) in [6.07, 6.45) is 15.4. The summed E-state index contributed by atoms with van der Waals surface area (Å²) in [6.45, 7) is 3.05. The summed E-state index contributed by atoms with van der Waals surface area (Å²) in [5, 5.41) is 10.7. The Morgan fingerprint density at radius 3 is 2.54 bits per heavy atom. The van der Waals surface area contributed by atoms with Crippen LogP contribution in [0.3, 0.4) is 0 Å². The molecule has 0 radical (unpaired) electrons. The summed E-state index contributed by atoms with van der Waals surface area (Å²) in [5.41, 5.74) is 2.60. The number of hydrogen-bond acceptors (Lipinski definition) is 5.